The molecule has 1 saturated carbocycles. The number of carbonyl (C=O) groups is 1. The standard InChI is InChI=1S/C8H11NO2/c1-9-7-4-2-3-6(5-7)8(10)11/h6-7H,2-5H2,(H,10,11). The van der Waals surface area contributed by atoms with Crippen molar-refractivity contribution in [3.05, 3.63) is 11.4 Å². The quantitative estimate of drug-likeness (QED) is 0.580. The van der Waals surface area contributed by atoms with Crippen molar-refractivity contribution in [3.63, 3.8) is 0 Å². The van der Waals surface area contributed by atoms with Gasteiger partial charge in [0.1, 0.15) is 0 Å². The monoisotopic (exact) mass is 153 g/mol. The molecule has 0 amide bonds. The summed E-state index contributed by atoms with van der Waals surface area (Å²) in [6, 6.07) is -0.0372. The highest BCUT2D eigenvalue weighted by atomic mass is 16.4. The average molecular weight is 153 g/mol. The molecule has 1 N–H and O–H groups in total. The van der Waals surface area contributed by atoms with Gasteiger partial charge in [-0.25, -0.2) is 6.57 Å². The van der Waals surface area contributed by atoms with Gasteiger partial charge >= 0.3 is 5.97 Å². The van der Waals surface area contributed by atoms with Gasteiger partial charge in [0.2, 0.25) is 6.04 Å². The average Bonchev–Trinajstić information content (AvgIpc) is 2.05. The van der Waals surface area contributed by atoms with Crippen molar-refractivity contribution in [2.45, 2.75) is 31.7 Å². The van der Waals surface area contributed by atoms with Crippen LogP contribution in [0.25, 0.3) is 4.85 Å². The highest BCUT2D eigenvalue weighted by Gasteiger charge is 2.29. The van der Waals surface area contributed by atoms with Gasteiger partial charge in [0.05, 0.1) is 5.92 Å². The predicted octanol–water partition coefficient (Wildman–Crippen LogP) is 1.55. The Bertz CT molecular complexity index is 195. The lowest BCUT2D eigenvalue weighted by atomic mass is 9.86. The van der Waals surface area contributed by atoms with Crippen molar-refractivity contribution < 1.29 is 9.90 Å². The molecule has 0 aromatic heterocycles. The van der Waals surface area contributed by atoms with E-state index in [1.54, 1.807) is 0 Å². The second kappa shape index (κ2) is 3.38. The summed E-state index contributed by atoms with van der Waals surface area (Å²) in [6.45, 7) is 6.76. The maximum atomic E-state index is 10.5. The Morgan fingerprint density at radius 2 is 2.27 bits per heavy atom. The zero-order chi connectivity index (χ0) is 8.27. The Morgan fingerprint density at radius 3 is 2.82 bits per heavy atom. The van der Waals surface area contributed by atoms with Crippen molar-refractivity contribution in [3.8, 4) is 0 Å². The molecule has 0 aromatic carbocycles. The molecule has 0 spiro atoms. The fourth-order valence-electron chi connectivity index (χ4n) is 1.51. The fraction of sp³-hybridized carbons (Fsp3) is 0.750. The Hall–Kier alpha value is -1.04. The van der Waals surface area contributed by atoms with E-state index in [1.165, 1.54) is 0 Å². The summed E-state index contributed by atoms with van der Waals surface area (Å²) < 4.78 is 0. The molecule has 2 unspecified atom stereocenters. The second-order valence-electron chi connectivity index (χ2n) is 2.98. The van der Waals surface area contributed by atoms with E-state index in [2.05, 4.69) is 4.85 Å². The van der Waals surface area contributed by atoms with E-state index >= 15 is 0 Å². The molecule has 0 heterocycles. The third kappa shape index (κ3) is 1.94. The molecule has 1 aliphatic rings. The molecule has 3 nitrogen and oxygen atoms in total. The van der Waals surface area contributed by atoms with Gasteiger partial charge in [0, 0.05) is 12.8 Å². The maximum absolute atomic E-state index is 10.5. The molecule has 0 bridgehead atoms. The summed E-state index contributed by atoms with van der Waals surface area (Å²) in [5.74, 6) is -0.999. The smallest absolute Gasteiger partial charge is 0.306 e. The molecule has 0 saturated heterocycles. The number of rotatable bonds is 1. The first kappa shape index (κ1) is 8.06. The van der Waals surface area contributed by atoms with Crippen LogP contribution in [-0.4, -0.2) is 17.1 Å². The van der Waals surface area contributed by atoms with Crippen molar-refractivity contribution in [2.24, 2.45) is 5.92 Å². The summed E-state index contributed by atoms with van der Waals surface area (Å²) in [5, 5.41) is 8.65. The van der Waals surface area contributed by atoms with Crippen molar-refractivity contribution in [2.75, 3.05) is 0 Å². The van der Waals surface area contributed by atoms with Gasteiger partial charge in [-0.1, -0.05) is 0 Å². The van der Waals surface area contributed by atoms with Crippen LogP contribution < -0.4 is 0 Å². The van der Waals surface area contributed by atoms with Crippen LogP contribution in [0.15, 0.2) is 0 Å². The lowest BCUT2D eigenvalue weighted by Gasteiger charge is -2.18. The summed E-state index contributed by atoms with van der Waals surface area (Å²) >= 11 is 0. The van der Waals surface area contributed by atoms with Gasteiger partial charge in [0.15, 0.2) is 0 Å². The van der Waals surface area contributed by atoms with Crippen LogP contribution >= 0.6 is 0 Å². The van der Waals surface area contributed by atoms with Crippen LogP contribution in [0.3, 0.4) is 0 Å². The lowest BCUT2D eigenvalue weighted by Crippen LogP contribution is -2.23. The normalized spacial score (nSPS) is 30.8. The number of carboxylic acid groups (broad SMARTS) is 1. The highest BCUT2D eigenvalue weighted by Crippen LogP contribution is 2.26. The maximum Gasteiger partial charge on any atom is 0.306 e. The summed E-state index contributed by atoms with van der Waals surface area (Å²) in [7, 11) is 0. The summed E-state index contributed by atoms with van der Waals surface area (Å²) in [6.07, 6.45) is 3.08. The third-order valence-corrected chi connectivity index (χ3v) is 2.18. The van der Waals surface area contributed by atoms with Crippen LogP contribution in [-0.2, 0) is 4.79 Å². The molecule has 0 radical (unpaired) electrons. The van der Waals surface area contributed by atoms with Gasteiger partial charge in [-0.15, -0.1) is 0 Å². The second-order valence-corrected chi connectivity index (χ2v) is 2.98. The molecule has 0 aliphatic heterocycles. The van der Waals surface area contributed by atoms with E-state index in [0.717, 1.165) is 19.3 Å². The van der Waals surface area contributed by atoms with E-state index in [4.69, 9.17) is 11.7 Å². The third-order valence-electron chi connectivity index (χ3n) is 2.18. The number of carboxylic acids is 1. The van der Waals surface area contributed by atoms with Crippen LogP contribution in [0.2, 0.25) is 0 Å². The topological polar surface area (TPSA) is 41.7 Å². The molecule has 1 fully saturated rings. The first-order valence-electron chi connectivity index (χ1n) is 3.83. The van der Waals surface area contributed by atoms with E-state index < -0.39 is 5.97 Å². The fourth-order valence-corrected chi connectivity index (χ4v) is 1.51. The lowest BCUT2D eigenvalue weighted by molar-refractivity contribution is -0.142. The Kier molecular flexibility index (Phi) is 2.48. The van der Waals surface area contributed by atoms with E-state index in [1.807, 2.05) is 0 Å². The summed E-state index contributed by atoms with van der Waals surface area (Å²) in [4.78, 5) is 13.9. The van der Waals surface area contributed by atoms with E-state index in [9.17, 15) is 4.79 Å². The molecule has 3 heteroatoms. The van der Waals surface area contributed by atoms with E-state index in [-0.39, 0.29) is 12.0 Å². The zero-order valence-corrected chi connectivity index (χ0v) is 6.29. The zero-order valence-electron chi connectivity index (χ0n) is 6.29. The van der Waals surface area contributed by atoms with Crippen LogP contribution in [0.4, 0.5) is 0 Å². The first-order chi connectivity index (χ1) is 5.24. The molecule has 1 aliphatic carbocycles. The van der Waals surface area contributed by atoms with Crippen molar-refractivity contribution >= 4 is 5.97 Å². The number of hydrogen-bond acceptors (Lipinski definition) is 1. The molecule has 0 aromatic rings. The van der Waals surface area contributed by atoms with Gasteiger partial charge in [-0.3, -0.25) is 4.79 Å². The van der Waals surface area contributed by atoms with Crippen molar-refractivity contribution in [1.82, 2.24) is 0 Å². The minimum atomic E-state index is -0.738. The molecule has 60 valence electrons. The minimum absolute atomic E-state index is 0.0372. The molecule has 1 rings (SSSR count). The Balaban J connectivity index is 2.47. The molecule has 11 heavy (non-hydrogen) atoms. The SMILES string of the molecule is [C-]#[N+]C1CCCC(C(=O)O)C1. The highest BCUT2D eigenvalue weighted by molar-refractivity contribution is 5.70. The van der Waals surface area contributed by atoms with Gasteiger partial charge in [-0.05, 0) is 12.8 Å². The number of hydrogen-bond donors (Lipinski definition) is 1. The minimum Gasteiger partial charge on any atom is -0.481 e. The Labute approximate surface area is 65.8 Å². The van der Waals surface area contributed by atoms with Gasteiger partial charge in [-0.2, -0.15) is 0 Å². The summed E-state index contributed by atoms with van der Waals surface area (Å²) in [5.41, 5.74) is 0. The molecule has 2 atom stereocenters. The number of aliphatic carboxylic acids is 1. The Morgan fingerprint density at radius 1 is 1.55 bits per heavy atom. The van der Waals surface area contributed by atoms with Crippen molar-refractivity contribution in [1.29, 1.82) is 0 Å². The van der Waals surface area contributed by atoms with Gasteiger partial charge < -0.3 is 9.95 Å². The number of nitrogens with zero attached hydrogens (tertiary/aromatic N) is 1. The molecular weight excluding hydrogens is 142 g/mol. The van der Waals surface area contributed by atoms with Crippen LogP contribution in [0, 0.1) is 12.5 Å². The van der Waals surface area contributed by atoms with Crippen LogP contribution in [0.5, 0.6) is 0 Å². The first-order valence-corrected chi connectivity index (χ1v) is 3.83. The largest absolute Gasteiger partial charge is 0.481 e. The van der Waals surface area contributed by atoms with Gasteiger partial charge in [0.25, 0.3) is 0 Å². The predicted molar refractivity (Wildman–Crippen MR) is 40.0 cm³/mol. The molecular formula is C8H11NO2. The van der Waals surface area contributed by atoms with Crippen LogP contribution in [0.1, 0.15) is 25.7 Å². The van der Waals surface area contributed by atoms with E-state index in [0.29, 0.717) is 6.42 Å².